The molecule has 6 heteroatoms. The second-order valence-corrected chi connectivity index (χ2v) is 8.27. The highest BCUT2D eigenvalue weighted by molar-refractivity contribution is 7.10. The number of aryl methyl sites for hydroxylation is 1. The number of rotatable bonds is 4. The van der Waals surface area contributed by atoms with Crippen LogP contribution < -0.4 is 5.32 Å². The fourth-order valence-corrected chi connectivity index (χ4v) is 4.87. The summed E-state index contributed by atoms with van der Waals surface area (Å²) in [4.78, 5) is 10.8. The summed E-state index contributed by atoms with van der Waals surface area (Å²) >= 11 is 1.80. The van der Waals surface area contributed by atoms with Gasteiger partial charge in [0.05, 0.1) is 25.3 Å². The van der Waals surface area contributed by atoms with Crippen LogP contribution in [0.5, 0.6) is 0 Å². The van der Waals surface area contributed by atoms with Crippen LogP contribution >= 0.6 is 11.3 Å². The van der Waals surface area contributed by atoms with Crippen molar-refractivity contribution in [1.82, 2.24) is 15.1 Å². The summed E-state index contributed by atoms with van der Waals surface area (Å²) < 4.78 is 6.10. The fourth-order valence-electron chi connectivity index (χ4n) is 4.02. The van der Waals surface area contributed by atoms with Crippen LogP contribution in [0.3, 0.4) is 0 Å². The van der Waals surface area contributed by atoms with Gasteiger partial charge in [0.25, 0.3) is 0 Å². The van der Waals surface area contributed by atoms with Crippen molar-refractivity contribution in [1.29, 1.82) is 0 Å². The zero-order valence-corrected chi connectivity index (χ0v) is 16.9. The zero-order valence-electron chi connectivity index (χ0n) is 16.1. The third-order valence-corrected chi connectivity index (χ3v) is 6.55. The number of ether oxygens (including phenoxy) is 1. The van der Waals surface area contributed by atoms with Crippen molar-refractivity contribution in [2.75, 3.05) is 33.3 Å². The van der Waals surface area contributed by atoms with Crippen LogP contribution in [0.2, 0.25) is 0 Å². The average molecular weight is 385 g/mol. The van der Waals surface area contributed by atoms with Gasteiger partial charge in [-0.15, -0.1) is 11.3 Å². The number of nitrogens with zero attached hydrogens (tertiary/aromatic N) is 3. The highest BCUT2D eigenvalue weighted by Gasteiger charge is 2.41. The van der Waals surface area contributed by atoms with E-state index in [4.69, 9.17) is 4.74 Å². The molecule has 2 aliphatic heterocycles. The first-order chi connectivity index (χ1) is 13.2. The highest BCUT2D eigenvalue weighted by atomic mass is 32.1. The Kier molecular flexibility index (Phi) is 5.76. The van der Waals surface area contributed by atoms with E-state index in [9.17, 15) is 0 Å². The van der Waals surface area contributed by atoms with Crippen LogP contribution in [-0.2, 0) is 17.8 Å². The Morgan fingerprint density at radius 1 is 1.26 bits per heavy atom. The fraction of sp³-hybridized carbons (Fsp3) is 0.476. The van der Waals surface area contributed by atoms with Crippen LogP contribution in [0.25, 0.3) is 0 Å². The number of thiophene rings is 1. The molecule has 0 spiro atoms. The molecule has 3 heterocycles. The number of aliphatic imine (C=N–C) groups is 1. The van der Waals surface area contributed by atoms with E-state index in [1.807, 2.05) is 7.05 Å². The number of benzene rings is 1. The van der Waals surface area contributed by atoms with Crippen LogP contribution in [0, 0.1) is 6.92 Å². The summed E-state index contributed by atoms with van der Waals surface area (Å²) in [6.45, 7) is 7.64. The molecule has 2 atom stereocenters. The maximum atomic E-state index is 6.10. The molecule has 5 nitrogen and oxygen atoms in total. The van der Waals surface area contributed by atoms with Crippen LogP contribution in [0.1, 0.15) is 16.0 Å². The number of guanidine groups is 1. The van der Waals surface area contributed by atoms with Crippen molar-refractivity contribution in [2.24, 2.45) is 4.99 Å². The molecule has 2 saturated heterocycles. The van der Waals surface area contributed by atoms with Crippen molar-refractivity contribution in [3.05, 3.63) is 57.8 Å². The molecule has 0 saturated carbocycles. The summed E-state index contributed by atoms with van der Waals surface area (Å²) in [6, 6.07) is 13.3. The van der Waals surface area contributed by atoms with Gasteiger partial charge in [0.15, 0.2) is 5.96 Å². The predicted octanol–water partition coefficient (Wildman–Crippen LogP) is 2.72. The second kappa shape index (κ2) is 8.42. The number of nitrogens with one attached hydrogen (secondary N) is 1. The Hall–Kier alpha value is -1.89. The Morgan fingerprint density at radius 3 is 2.85 bits per heavy atom. The molecule has 2 fully saturated rings. The standard InChI is InChI=1S/C21H28N4OS/c1-16-8-11-27-20(16)12-23-21(22-2)25-14-18-19(15-25)26-10-9-24(18)13-17-6-4-3-5-7-17/h3-8,11,18-19H,9-10,12-15H2,1-2H3,(H,22,23). The number of hydrogen-bond donors (Lipinski definition) is 1. The minimum Gasteiger partial charge on any atom is -0.373 e. The van der Waals surface area contributed by atoms with Gasteiger partial charge in [-0.1, -0.05) is 30.3 Å². The third-order valence-electron chi connectivity index (χ3n) is 5.53. The summed E-state index contributed by atoms with van der Waals surface area (Å²) in [5.74, 6) is 0.973. The normalized spacial score (nSPS) is 23.5. The lowest BCUT2D eigenvalue weighted by Crippen LogP contribution is -2.50. The van der Waals surface area contributed by atoms with Gasteiger partial charge in [-0.3, -0.25) is 9.89 Å². The van der Waals surface area contributed by atoms with Gasteiger partial charge < -0.3 is 15.0 Å². The number of likely N-dealkylation sites (tertiary alicyclic amines) is 1. The predicted molar refractivity (Wildman–Crippen MR) is 111 cm³/mol. The van der Waals surface area contributed by atoms with Crippen molar-refractivity contribution in [3.8, 4) is 0 Å². The van der Waals surface area contributed by atoms with Crippen molar-refractivity contribution < 1.29 is 4.74 Å². The number of fused-ring (bicyclic) bond motifs is 1. The molecular formula is C21H28N4OS. The first kappa shape index (κ1) is 18.5. The molecule has 0 bridgehead atoms. The molecule has 1 aromatic heterocycles. The largest absolute Gasteiger partial charge is 0.373 e. The zero-order chi connectivity index (χ0) is 18.6. The lowest BCUT2D eigenvalue weighted by Gasteiger charge is -2.36. The quantitative estimate of drug-likeness (QED) is 0.650. The van der Waals surface area contributed by atoms with Gasteiger partial charge in [0.1, 0.15) is 0 Å². The molecule has 0 aliphatic carbocycles. The summed E-state index contributed by atoms with van der Waals surface area (Å²) in [5.41, 5.74) is 2.71. The SMILES string of the molecule is CN=C(NCc1sccc1C)N1CC2OCCN(Cc3ccccc3)C2C1. The highest BCUT2D eigenvalue weighted by Crippen LogP contribution is 2.25. The molecule has 27 heavy (non-hydrogen) atoms. The van der Waals surface area contributed by atoms with Crippen molar-refractivity contribution >= 4 is 17.3 Å². The van der Waals surface area contributed by atoms with E-state index in [0.717, 1.165) is 45.3 Å². The van der Waals surface area contributed by atoms with E-state index < -0.39 is 0 Å². The summed E-state index contributed by atoms with van der Waals surface area (Å²) in [6.07, 6.45) is 0.254. The Morgan fingerprint density at radius 2 is 2.11 bits per heavy atom. The summed E-state index contributed by atoms with van der Waals surface area (Å²) in [5, 5.41) is 5.69. The summed E-state index contributed by atoms with van der Waals surface area (Å²) in [7, 11) is 1.87. The number of hydrogen-bond acceptors (Lipinski definition) is 4. The first-order valence-corrected chi connectivity index (χ1v) is 10.5. The van der Waals surface area contributed by atoms with Gasteiger partial charge in [-0.05, 0) is 29.5 Å². The van der Waals surface area contributed by atoms with Gasteiger partial charge in [-0.25, -0.2) is 0 Å². The molecule has 1 aromatic carbocycles. The van der Waals surface area contributed by atoms with Crippen molar-refractivity contribution in [3.63, 3.8) is 0 Å². The Bertz CT molecular complexity index is 775. The van der Waals surface area contributed by atoms with E-state index in [2.05, 4.69) is 68.8 Å². The Balaban J connectivity index is 1.40. The Labute approximate surface area is 165 Å². The van der Waals surface area contributed by atoms with Gasteiger partial charge in [0, 0.05) is 38.1 Å². The van der Waals surface area contributed by atoms with Crippen LogP contribution in [0.4, 0.5) is 0 Å². The van der Waals surface area contributed by atoms with Crippen LogP contribution in [0.15, 0.2) is 46.8 Å². The van der Waals surface area contributed by atoms with Crippen LogP contribution in [-0.4, -0.2) is 61.2 Å². The lowest BCUT2D eigenvalue weighted by atomic mass is 10.1. The van der Waals surface area contributed by atoms with Gasteiger partial charge in [0.2, 0.25) is 0 Å². The minimum absolute atomic E-state index is 0.254. The lowest BCUT2D eigenvalue weighted by molar-refractivity contribution is -0.0502. The molecule has 1 N–H and O–H groups in total. The van der Waals surface area contributed by atoms with E-state index in [0.29, 0.717) is 6.04 Å². The van der Waals surface area contributed by atoms with E-state index in [1.165, 1.54) is 16.0 Å². The molecule has 2 aromatic rings. The van der Waals surface area contributed by atoms with E-state index in [1.54, 1.807) is 11.3 Å². The monoisotopic (exact) mass is 384 g/mol. The molecule has 4 rings (SSSR count). The maximum absolute atomic E-state index is 6.10. The molecule has 0 amide bonds. The van der Waals surface area contributed by atoms with E-state index >= 15 is 0 Å². The van der Waals surface area contributed by atoms with Crippen molar-refractivity contribution in [2.45, 2.75) is 32.2 Å². The molecule has 0 radical (unpaired) electrons. The van der Waals surface area contributed by atoms with Gasteiger partial charge >= 0.3 is 0 Å². The molecule has 2 unspecified atom stereocenters. The molecular weight excluding hydrogens is 356 g/mol. The van der Waals surface area contributed by atoms with Gasteiger partial charge in [-0.2, -0.15) is 0 Å². The number of morpholine rings is 1. The van der Waals surface area contributed by atoms with E-state index in [-0.39, 0.29) is 6.10 Å². The smallest absolute Gasteiger partial charge is 0.194 e. The second-order valence-electron chi connectivity index (χ2n) is 7.27. The maximum Gasteiger partial charge on any atom is 0.194 e. The first-order valence-electron chi connectivity index (χ1n) is 9.62. The molecule has 144 valence electrons. The minimum atomic E-state index is 0.254. The topological polar surface area (TPSA) is 40.1 Å². The molecule has 2 aliphatic rings. The third kappa shape index (κ3) is 4.18. The average Bonchev–Trinajstić information content (AvgIpc) is 3.30.